The minimum absolute atomic E-state index is 0.0155. The van der Waals surface area contributed by atoms with E-state index in [4.69, 9.17) is 4.74 Å². The third kappa shape index (κ3) is 4.39. The van der Waals surface area contributed by atoms with Crippen molar-refractivity contribution in [2.24, 2.45) is 0 Å². The molecule has 2 aromatic carbocycles. The number of likely N-dealkylation sites (N-methyl/N-ethyl adjacent to an activating group) is 1. The van der Waals surface area contributed by atoms with Crippen LogP contribution in [0.15, 0.2) is 61.2 Å². The molecule has 3 aromatic rings. The van der Waals surface area contributed by atoms with Crippen molar-refractivity contribution < 1.29 is 9.53 Å². The average Bonchev–Trinajstić information content (AvgIpc) is 3.26. The summed E-state index contributed by atoms with van der Waals surface area (Å²) < 4.78 is 7.52. The summed E-state index contributed by atoms with van der Waals surface area (Å²) in [7, 11) is 1.80. The fourth-order valence-corrected chi connectivity index (χ4v) is 3.02. The topological polar surface area (TPSA) is 60.2 Å². The number of hydrogen-bond acceptors (Lipinski definition) is 4. The van der Waals surface area contributed by atoms with Gasteiger partial charge in [0.15, 0.2) is 6.61 Å². The molecule has 1 heterocycles. The molecule has 1 atom stereocenters. The van der Waals surface area contributed by atoms with Crippen molar-refractivity contribution in [3.05, 3.63) is 72.3 Å². The normalized spacial score (nSPS) is 12.0. The molecule has 0 N–H and O–H groups in total. The monoisotopic (exact) mass is 378 g/mol. The molecule has 0 saturated carbocycles. The Morgan fingerprint density at radius 1 is 1.11 bits per heavy atom. The van der Waals surface area contributed by atoms with Gasteiger partial charge in [0.1, 0.15) is 18.4 Å². The lowest BCUT2D eigenvalue weighted by atomic mass is 10.0. The Bertz CT molecular complexity index is 905. The quantitative estimate of drug-likeness (QED) is 0.624. The van der Waals surface area contributed by atoms with E-state index in [0.29, 0.717) is 5.92 Å². The molecule has 0 spiro atoms. The first-order valence-electron chi connectivity index (χ1n) is 9.39. The van der Waals surface area contributed by atoms with Gasteiger partial charge in [0, 0.05) is 7.05 Å². The fraction of sp³-hybridized carbons (Fsp3) is 0.318. The van der Waals surface area contributed by atoms with Gasteiger partial charge in [-0.1, -0.05) is 44.2 Å². The molecule has 1 amide bonds. The van der Waals surface area contributed by atoms with Crippen molar-refractivity contribution in [1.29, 1.82) is 0 Å². The van der Waals surface area contributed by atoms with E-state index in [-0.39, 0.29) is 18.6 Å². The Hall–Kier alpha value is -3.15. The summed E-state index contributed by atoms with van der Waals surface area (Å²) in [6.07, 6.45) is 3.15. The molecule has 0 unspecified atom stereocenters. The Kier molecular flexibility index (Phi) is 6.09. The maximum atomic E-state index is 12.6. The number of rotatable bonds is 7. The van der Waals surface area contributed by atoms with Crippen LogP contribution in [0.25, 0.3) is 5.69 Å². The molecule has 1 aromatic heterocycles. The number of carbonyl (C=O) groups excluding carboxylic acids is 1. The summed E-state index contributed by atoms with van der Waals surface area (Å²) in [4.78, 5) is 18.3. The minimum atomic E-state index is -0.0683. The van der Waals surface area contributed by atoms with Crippen LogP contribution in [0.5, 0.6) is 5.75 Å². The van der Waals surface area contributed by atoms with Gasteiger partial charge in [0.2, 0.25) is 0 Å². The first kappa shape index (κ1) is 19.6. The van der Waals surface area contributed by atoms with Crippen molar-refractivity contribution >= 4 is 5.91 Å². The summed E-state index contributed by atoms with van der Waals surface area (Å²) in [5.74, 6) is 1.04. The maximum Gasteiger partial charge on any atom is 0.260 e. The van der Waals surface area contributed by atoms with Gasteiger partial charge in [-0.15, -0.1) is 0 Å². The van der Waals surface area contributed by atoms with Crippen LogP contribution in [0.2, 0.25) is 0 Å². The highest BCUT2D eigenvalue weighted by molar-refractivity contribution is 5.78. The van der Waals surface area contributed by atoms with Crippen molar-refractivity contribution in [3.63, 3.8) is 0 Å². The van der Waals surface area contributed by atoms with Gasteiger partial charge in [0.25, 0.3) is 5.91 Å². The fourth-order valence-electron chi connectivity index (χ4n) is 3.02. The van der Waals surface area contributed by atoms with Crippen molar-refractivity contribution in [2.45, 2.75) is 32.7 Å². The second-order valence-corrected chi connectivity index (χ2v) is 7.09. The van der Waals surface area contributed by atoms with E-state index in [0.717, 1.165) is 22.6 Å². The SMILES string of the molecule is CC(C)c1ccccc1OCC(=O)N(C)[C@@H](C)c1ccc(-n2cncn2)cc1. The van der Waals surface area contributed by atoms with E-state index in [9.17, 15) is 4.79 Å². The van der Waals surface area contributed by atoms with Crippen molar-refractivity contribution in [2.75, 3.05) is 13.7 Å². The number of amides is 1. The van der Waals surface area contributed by atoms with Crippen LogP contribution in [0.4, 0.5) is 0 Å². The second kappa shape index (κ2) is 8.69. The molecule has 0 saturated heterocycles. The largest absolute Gasteiger partial charge is 0.483 e. The molecule has 6 nitrogen and oxygen atoms in total. The molecule has 0 aliphatic carbocycles. The number of aromatic nitrogens is 3. The summed E-state index contributed by atoms with van der Waals surface area (Å²) in [6.45, 7) is 6.24. The number of para-hydroxylation sites is 1. The van der Waals surface area contributed by atoms with E-state index < -0.39 is 0 Å². The molecule has 28 heavy (non-hydrogen) atoms. The van der Waals surface area contributed by atoms with Crippen LogP contribution >= 0.6 is 0 Å². The third-order valence-electron chi connectivity index (χ3n) is 4.93. The van der Waals surface area contributed by atoms with Crippen molar-refractivity contribution in [1.82, 2.24) is 19.7 Å². The summed E-state index contributed by atoms with van der Waals surface area (Å²) in [5, 5.41) is 4.12. The van der Waals surface area contributed by atoms with Crippen LogP contribution < -0.4 is 4.74 Å². The molecule has 0 aliphatic heterocycles. The predicted octanol–water partition coefficient (Wildman–Crippen LogP) is 3.99. The Morgan fingerprint density at radius 2 is 1.82 bits per heavy atom. The van der Waals surface area contributed by atoms with E-state index in [2.05, 4.69) is 23.9 Å². The maximum absolute atomic E-state index is 12.6. The number of hydrogen-bond donors (Lipinski definition) is 0. The zero-order chi connectivity index (χ0) is 20.1. The Labute approximate surface area is 165 Å². The van der Waals surface area contributed by atoms with Gasteiger partial charge < -0.3 is 9.64 Å². The highest BCUT2D eigenvalue weighted by Gasteiger charge is 2.19. The molecule has 3 rings (SSSR count). The number of carbonyl (C=O) groups is 1. The third-order valence-corrected chi connectivity index (χ3v) is 4.93. The van der Waals surface area contributed by atoms with Crippen LogP contribution in [0, 0.1) is 0 Å². The number of benzene rings is 2. The molecular formula is C22H26N4O2. The smallest absolute Gasteiger partial charge is 0.260 e. The molecular weight excluding hydrogens is 352 g/mol. The van der Waals surface area contributed by atoms with E-state index in [1.54, 1.807) is 23.0 Å². The van der Waals surface area contributed by atoms with Gasteiger partial charge in [-0.25, -0.2) is 9.67 Å². The number of ether oxygens (including phenoxy) is 1. The second-order valence-electron chi connectivity index (χ2n) is 7.09. The summed E-state index contributed by atoms with van der Waals surface area (Å²) >= 11 is 0. The number of nitrogens with zero attached hydrogens (tertiary/aromatic N) is 4. The van der Waals surface area contributed by atoms with Crippen LogP contribution in [0.3, 0.4) is 0 Å². The highest BCUT2D eigenvalue weighted by Crippen LogP contribution is 2.26. The highest BCUT2D eigenvalue weighted by atomic mass is 16.5. The Morgan fingerprint density at radius 3 is 2.46 bits per heavy atom. The van der Waals surface area contributed by atoms with Crippen molar-refractivity contribution in [3.8, 4) is 11.4 Å². The lowest BCUT2D eigenvalue weighted by molar-refractivity contribution is -0.134. The first-order valence-corrected chi connectivity index (χ1v) is 9.39. The van der Waals surface area contributed by atoms with Crippen LogP contribution in [0.1, 0.15) is 43.9 Å². The standard InChI is InChI=1S/C22H26N4O2/c1-16(2)20-7-5-6-8-21(20)28-13-22(27)25(4)17(3)18-9-11-19(12-10-18)26-15-23-14-24-26/h5-12,14-17H,13H2,1-4H3/t17-/m0/s1. The molecule has 0 aliphatic rings. The van der Waals surface area contributed by atoms with Gasteiger partial charge in [-0.05, 0) is 42.2 Å². The van der Waals surface area contributed by atoms with Gasteiger partial charge in [-0.3, -0.25) is 4.79 Å². The molecule has 0 bridgehead atoms. The van der Waals surface area contributed by atoms with E-state index >= 15 is 0 Å². The van der Waals surface area contributed by atoms with Gasteiger partial charge >= 0.3 is 0 Å². The molecule has 6 heteroatoms. The minimum Gasteiger partial charge on any atom is -0.483 e. The van der Waals surface area contributed by atoms with Crippen LogP contribution in [-0.4, -0.2) is 39.2 Å². The molecule has 0 fully saturated rings. The zero-order valence-corrected chi connectivity index (χ0v) is 16.7. The molecule has 146 valence electrons. The predicted molar refractivity (Wildman–Crippen MR) is 109 cm³/mol. The van der Waals surface area contributed by atoms with Gasteiger partial charge in [-0.2, -0.15) is 5.10 Å². The lowest BCUT2D eigenvalue weighted by Gasteiger charge is -2.26. The lowest BCUT2D eigenvalue weighted by Crippen LogP contribution is -2.33. The zero-order valence-electron chi connectivity index (χ0n) is 16.7. The Balaban J connectivity index is 1.63. The van der Waals surface area contributed by atoms with E-state index in [1.165, 1.54) is 6.33 Å². The van der Waals surface area contributed by atoms with E-state index in [1.807, 2.05) is 55.5 Å². The van der Waals surface area contributed by atoms with Crippen LogP contribution in [-0.2, 0) is 4.79 Å². The van der Waals surface area contributed by atoms with Gasteiger partial charge in [0.05, 0.1) is 11.7 Å². The average molecular weight is 378 g/mol. The first-order chi connectivity index (χ1) is 13.5. The molecule has 0 radical (unpaired) electrons. The summed E-state index contributed by atoms with van der Waals surface area (Å²) in [5.41, 5.74) is 3.08. The summed E-state index contributed by atoms with van der Waals surface area (Å²) in [6, 6.07) is 15.7.